The Morgan fingerprint density at radius 1 is 0.386 bits per heavy atom. The van der Waals surface area contributed by atoms with Gasteiger partial charge in [0, 0.05) is 10.8 Å². The smallest absolute Gasteiger partial charge is 0.220 e. The number of hydrogen-bond donors (Lipinski definition) is 0. The fraction of sp³-hybridized carbons (Fsp3) is 0. The second-order valence-electron chi connectivity index (χ2n) is 12.1. The molecule has 3 heteroatoms. The molecule has 202 valence electrons. The van der Waals surface area contributed by atoms with Gasteiger partial charge in [0.1, 0.15) is 0 Å². The zero-order chi connectivity index (χ0) is 28.5. The van der Waals surface area contributed by atoms with Crippen molar-refractivity contribution in [2.45, 2.75) is 0 Å². The van der Waals surface area contributed by atoms with Gasteiger partial charge >= 0.3 is 0 Å². The van der Waals surface area contributed by atoms with Gasteiger partial charge in [0.15, 0.2) is 0 Å². The molecular weight excluding hydrogens is 534 g/mol. The Balaban J connectivity index is 1.37. The van der Waals surface area contributed by atoms with E-state index in [-0.39, 0.29) is 0 Å². The topological polar surface area (TPSA) is 21.7 Å². The summed E-state index contributed by atoms with van der Waals surface area (Å²) < 4.78 is 4.77. The molecule has 3 aromatic heterocycles. The Hall–Kier alpha value is -5.93. The molecule has 0 saturated carbocycles. The van der Waals surface area contributed by atoms with E-state index in [0.717, 1.165) is 16.8 Å². The highest BCUT2D eigenvalue weighted by Crippen LogP contribution is 2.43. The minimum Gasteiger partial charge on any atom is -0.277 e. The quantitative estimate of drug-likeness (QED) is 0.184. The molecule has 0 aliphatic rings. The number of hydrogen-bond acceptors (Lipinski definition) is 1. The lowest BCUT2D eigenvalue weighted by atomic mass is 9.92. The number of rotatable bonds is 1. The first kappa shape index (κ1) is 22.6. The monoisotopic (exact) mass is 557 g/mol. The van der Waals surface area contributed by atoms with Gasteiger partial charge in [-0.2, -0.15) is 0 Å². The van der Waals surface area contributed by atoms with Crippen molar-refractivity contribution >= 4 is 87.2 Å². The summed E-state index contributed by atoms with van der Waals surface area (Å²) in [4.78, 5) is 5.30. The lowest BCUT2D eigenvalue weighted by molar-refractivity contribution is 1.22. The largest absolute Gasteiger partial charge is 0.277 e. The van der Waals surface area contributed by atoms with Crippen LogP contribution in [-0.2, 0) is 0 Å². The van der Waals surface area contributed by atoms with Gasteiger partial charge in [0.2, 0.25) is 5.78 Å². The molecule has 0 atom stereocenters. The van der Waals surface area contributed by atoms with E-state index in [4.69, 9.17) is 4.98 Å². The van der Waals surface area contributed by atoms with Crippen molar-refractivity contribution in [1.29, 1.82) is 0 Å². The van der Waals surface area contributed by atoms with E-state index in [9.17, 15) is 0 Å². The SMILES string of the molecule is c1ccc2cc3c(cc2c1)nc1n3c2cc(-c3cc4ccccc4c4ccccc34)cc3c4cc5ccccc5cc4n1c32. The normalized spacial score (nSPS) is 12.5. The lowest BCUT2D eigenvalue weighted by Gasteiger charge is -2.12. The van der Waals surface area contributed by atoms with Crippen molar-refractivity contribution in [2.24, 2.45) is 0 Å². The molecule has 0 unspecified atom stereocenters. The van der Waals surface area contributed by atoms with Crippen LogP contribution in [0, 0.1) is 0 Å². The summed E-state index contributed by atoms with van der Waals surface area (Å²) in [5.41, 5.74) is 8.23. The Bertz CT molecular complexity index is 2990. The van der Waals surface area contributed by atoms with E-state index in [1.807, 2.05) is 0 Å². The van der Waals surface area contributed by atoms with Crippen molar-refractivity contribution in [3.63, 3.8) is 0 Å². The summed E-state index contributed by atoms with van der Waals surface area (Å²) in [5, 5.41) is 12.5. The van der Waals surface area contributed by atoms with Gasteiger partial charge in [0.05, 0.1) is 27.6 Å². The molecule has 11 aromatic rings. The molecule has 0 spiro atoms. The maximum atomic E-state index is 5.30. The van der Waals surface area contributed by atoms with Gasteiger partial charge in [-0.15, -0.1) is 0 Å². The Morgan fingerprint density at radius 2 is 1.00 bits per heavy atom. The van der Waals surface area contributed by atoms with E-state index >= 15 is 0 Å². The molecule has 0 radical (unpaired) electrons. The van der Waals surface area contributed by atoms with Crippen LogP contribution in [0.3, 0.4) is 0 Å². The summed E-state index contributed by atoms with van der Waals surface area (Å²) >= 11 is 0. The van der Waals surface area contributed by atoms with Crippen LogP contribution in [0.2, 0.25) is 0 Å². The van der Waals surface area contributed by atoms with Crippen LogP contribution < -0.4 is 0 Å². The molecule has 11 rings (SSSR count). The summed E-state index contributed by atoms with van der Waals surface area (Å²) in [6.07, 6.45) is 0. The number of nitrogens with zero attached hydrogens (tertiary/aromatic N) is 3. The first-order chi connectivity index (χ1) is 21.8. The van der Waals surface area contributed by atoms with Crippen LogP contribution in [0.1, 0.15) is 0 Å². The third kappa shape index (κ3) is 2.79. The highest BCUT2D eigenvalue weighted by molar-refractivity contribution is 6.21. The molecule has 0 bridgehead atoms. The highest BCUT2D eigenvalue weighted by atomic mass is 15.2. The van der Waals surface area contributed by atoms with Crippen molar-refractivity contribution in [3.8, 4) is 11.1 Å². The highest BCUT2D eigenvalue weighted by Gasteiger charge is 2.23. The minimum atomic E-state index is 0.959. The maximum absolute atomic E-state index is 5.30. The third-order valence-electron chi connectivity index (χ3n) is 9.73. The fourth-order valence-corrected chi connectivity index (χ4v) is 7.77. The van der Waals surface area contributed by atoms with Crippen molar-refractivity contribution in [3.05, 3.63) is 140 Å². The lowest BCUT2D eigenvalue weighted by Crippen LogP contribution is -1.87. The van der Waals surface area contributed by atoms with Gasteiger partial charge in [-0.05, 0) is 96.7 Å². The summed E-state index contributed by atoms with van der Waals surface area (Å²) in [6.45, 7) is 0. The average molecular weight is 558 g/mol. The zero-order valence-electron chi connectivity index (χ0n) is 23.6. The molecule has 0 N–H and O–H groups in total. The minimum absolute atomic E-state index is 0.959. The number of imidazole rings is 2. The van der Waals surface area contributed by atoms with Crippen LogP contribution in [-0.4, -0.2) is 13.8 Å². The second kappa shape index (κ2) is 7.91. The fourth-order valence-electron chi connectivity index (χ4n) is 7.77. The van der Waals surface area contributed by atoms with Crippen LogP contribution in [0.15, 0.2) is 140 Å². The molecule has 8 aromatic carbocycles. The van der Waals surface area contributed by atoms with E-state index < -0.39 is 0 Å². The molecule has 0 saturated heterocycles. The van der Waals surface area contributed by atoms with Crippen molar-refractivity contribution in [2.75, 3.05) is 0 Å². The van der Waals surface area contributed by atoms with Gasteiger partial charge in [-0.3, -0.25) is 8.80 Å². The average Bonchev–Trinajstić information content (AvgIpc) is 3.70. The number of benzene rings is 8. The van der Waals surface area contributed by atoms with Crippen LogP contribution in [0.4, 0.5) is 0 Å². The standard InChI is InChI=1S/C41H23N3/c1-3-11-26-21-37-34(17-24(26)9-1)35-19-29(33-18-28-13-5-6-14-30(28)31-15-7-8-16-32(31)33)23-39-40(35)44(37)41-42-36-20-25-10-2-4-12-27(25)22-38(36)43(39)41/h1-23H. The molecule has 0 aliphatic carbocycles. The predicted octanol–water partition coefficient (Wildman–Crippen LogP) is 10.8. The first-order valence-electron chi connectivity index (χ1n) is 15.1. The van der Waals surface area contributed by atoms with Crippen LogP contribution >= 0.6 is 0 Å². The number of aromatic nitrogens is 3. The number of fused-ring (bicyclic) bond motifs is 13. The molecule has 0 fully saturated rings. The Kier molecular flexibility index (Phi) is 4.07. The molecular formula is C41H23N3. The van der Waals surface area contributed by atoms with Crippen molar-refractivity contribution < 1.29 is 0 Å². The Morgan fingerprint density at radius 3 is 1.77 bits per heavy atom. The molecule has 0 aliphatic heterocycles. The summed E-state index contributed by atoms with van der Waals surface area (Å²) in [7, 11) is 0. The van der Waals surface area contributed by atoms with Crippen molar-refractivity contribution in [1.82, 2.24) is 13.8 Å². The zero-order valence-corrected chi connectivity index (χ0v) is 23.6. The van der Waals surface area contributed by atoms with Crippen LogP contribution in [0.5, 0.6) is 0 Å². The summed E-state index contributed by atoms with van der Waals surface area (Å²) in [6, 6.07) is 51.2. The van der Waals surface area contributed by atoms with E-state index in [2.05, 4.69) is 148 Å². The van der Waals surface area contributed by atoms with E-state index in [1.165, 1.54) is 81.5 Å². The predicted molar refractivity (Wildman–Crippen MR) is 185 cm³/mol. The third-order valence-corrected chi connectivity index (χ3v) is 9.73. The van der Waals surface area contributed by atoms with E-state index in [0.29, 0.717) is 0 Å². The van der Waals surface area contributed by atoms with Gasteiger partial charge in [-0.25, -0.2) is 4.98 Å². The molecule has 3 heterocycles. The molecule has 0 amide bonds. The first-order valence-corrected chi connectivity index (χ1v) is 15.1. The Labute approximate surface area is 251 Å². The maximum Gasteiger partial charge on any atom is 0.220 e. The van der Waals surface area contributed by atoms with Gasteiger partial charge < -0.3 is 0 Å². The van der Waals surface area contributed by atoms with Gasteiger partial charge in [-0.1, -0.05) is 97.1 Å². The molecule has 3 nitrogen and oxygen atoms in total. The molecule has 44 heavy (non-hydrogen) atoms. The van der Waals surface area contributed by atoms with Gasteiger partial charge in [0.25, 0.3) is 0 Å². The second-order valence-corrected chi connectivity index (χ2v) is 12.1. The van der Waals surface area contributed by atoms with E-state index in [1.54, 1.807) is 0 Å². The summed E-state index contributed by atoms with van der Waals surface area (Å²) in [5.74, 6) is 0.959. The van der Waals surface area contributed by atoms with Crippen LogP contribution in [0.25, 0.3) is 98.4 Å².